The SMILES string of the molecule is COc1cc2c(cc1OC)CN(C(=O)C(=O)c1c(C)nn(C)c1C)CC2. The van der Waals surface area contributed by atoms with Gasteiger partial charge in [-0.1, -0.05) is 0 Å². The van der Waals surface area contributed by atoms with Crippen molar-refractivity contribution < 1.29 is 19.1 Å². The lowest BCUT2D eigenvalue weighted by atomic mass is 9.98. The predicted octanol–water partition coefficient (Wildman–Crippen LogP) is 1.82. The minimum atomic E-state index is -0.503. The van der Waals surface area contributed by atoms with Crippen LogP contribution in [0.5, 0.6) is 11.5 Å². The zero-order valence-electron chi connectivity index (χ0n) is 15.8. The molecule has 1 aromatic carbocycles. The second-order valence-electron chi connectivity index (χ2n) is 6.45. The number of carbonyl (C=O) groups is 2. The van der Waals surface area contributed by atoms with Gasteiger partial charge in [-0.3, -0.25) is 14.3 Å². The highest BCUT2D eigenvalue weighted by Crippen LogP contribution is 2.33. The molecule has 0 spiro atoms. The van der Waals surface area contributed by atoms with Gasteiger partial charge in [0.05, 0.1) is 25.5 Å². The summed E-state index contributed by atoms with van der Waals surface area (Å²) >= 11 is 0. The van der Waals surface area contributed by atoms with E-state index in [0.717, 1.165) is 11.1 Å². The molecule has 0 fully saturated rings. The molecule has 3 rings (SSSR count). The van der Waals surface area contributed by atoms with Crippen LogP contribution in [0.1, 0.15) is 32.9 Å². The van der Waals surface area contributed by atoms with E-state index in [4.69, 9.17) is 9.47 Å². The lowest BCUT2D eigenvalue weighted by Crippen LogP contribution is -2.40. The number of rotatable bonds is 4. The summed E-state index contributed by atoms with van der Waals surface area (Å²) in [6.45, 7) is 4.41. The maximum atomic E-state index is 12.8. The molecule has 2 aromatic rings. The Morgan fingerprint density at radius 1 is 1.08 bits per heavy atom. The average molecular weight is 357 g/mol. The maximum Gasteiger partial charge on any atom is 0.295 e. The topological polar surface area (TPSA) is 73.7 Å². The zero-order valence-corrected chi connectivity index (χ0v) is 15.8. The summed E-state index contributed by atoms with van der Waals surface area (Å²) in [4.78, 5) is 27.1. The van der Waals surface area contributed by atoms with Crippen molar-refractivity contribution in [3.8, 4) is 11.5 Å². The Kier molecular flexibility index (Phi) is 4.71. The summed E-state index contributed by atoms with van der Waals surface area (Å²) in [6.07, 6.45) is 0.666. The van der Waals surface area contributed by atoms with E-state index < -0.39 is 11.7 Å². The van der Waals surface area contributed by atoms with E-state index in [9.17, 15) is 9.59 Å². The van der Waals surface area contributed by atoms with E-state index in [1.165, 1.54) is 0 Å². The Morgan fingerprint density at radius 3 is 2.23 bits per heavy atom. The number of aryl methyl sites for hydroxylation is 2. The van der Waals surface area contributed by atoms with Gasteiger partial charge in [0.1, 0.15) is 0 Å². The van der Waals surface area contributed by atoms with Gasteiger partial charge < -0.3 is 14.4 Å². The number of fused-ring (bicyclic) bond motifs is 1. The Bertz CT molecular complexity index is 885. The van der Waals surface area contributed by atoms with Gasteiger partial charge >= 0.3 is 0 Å². The quantitative estimate of drug-likeness (QED) is 0.616. The maximum absolute atomic E-state index is 12.8. The van der Waals surface area contributed by atoms with E-state index >= 15 is 0 Å². The number of benzene rings is 1. The normalized spacial score (nSPS) is 13.3. The van der Waals surface area contributed by atoms with Gasteiger partial charge in [0, 0.05) is 25.8 Å². The van der Waals surface area contributed by atoms with Crippen molar-refractivity contribution in [1.82, 2.24) is 14.7 Å². The fourth-order valence-electron chi connectivity index (χ4n) is 3.41. The van der Waals surface area contributed by atoms with Crippen LogP contribution >= 0.6 is 0 Å². The van der Waals surface area contributed by atoms with Crippen molar-refractivity contribution in [3.63, 3.8) is 0 Å². The van der Waals surface area contributed by atoms with Crippen molar-refractivity contribution in [2.75, 3.05) is 20.8 Å². The molecule has 0 N–H and O–H groups in total. The molecular formula is C19H23N3O4. The van der Waals surface area contributed by atoms with Crippen molar-refractivity contribution in [2.45, 2.75) is 26.8 Å². The van der Waals surface area contributed by atoms with Gasteiger partial charge in [0.2, 0.25) is 0 Å². The number of amides is 1. The summed E-state index contributed by atoms with van der Waals surface area (Å²) < 4.78 is 12.3. The van der Waals surface area contributed by atoms with Crippen LogP contribution in [0.2, 0.25) is 0 Å². The van der Waals surface area contributed by atoms with Crippen LogP contribution in [-0.2, 0) is 24.8 Å². The third-order valence-electron chi connectivity index (χ3n) is 4.94. The number of Topliss-reactive ketones (excluding diaryl/α,β-unsaturated/α-hetero) is 1. The van der Waals surface area contributed by atoms with Crippen molar-refractivity contribution in [2.24, 2.45) is 7.05 Å². The molecule has 0 bridgehead atoms. The van der Waals surface area contributed by atoms with E-state index in [1.54, 1.807) is 44.7 Å². The molecule has 138 valence electrons. The Labute approximate surface area is 152 Å². The highest BCUT2D eigenvalue weighted by Gasteiger charge is 2.30. The fraction of sp³-hybridized carbons (Fsp3) is 0.421. The monoisotopic (exact) mass is 357 g/mol. The molecule has 0 saturated carbocycles. The van der Waals surface area contributed by atoms with E-state index in [2.05, 4.69) is 5.10 Å². The number of methoxy groups -OCH3 is 2. The number of hydrogen-bond acceptors (Lipinski definition) is 5. The third kappa shape index (κ3) is 2.94. The highest BCUT2D eigenvalue weighted by atomic mass is 16.5. The van der Waals surface area contributed by atoms with Gasteiger partial charge in [-0.15, -0.1) is 0 Å². The lowest BCUT2D eigenvalue weighted by molar-refractivity contribution is -0.127. The number of ether oxygens (including phenoxy) is 2. The van der Waals surface area contributed by atoms with Gasteiger partial charge in [-0.25, -0.2) is 0 Å². The minimum absolute atomic E-state index is 0.374. The van der Waals surface area contributed by atoms with E-state index in [0.29, 0.717) is 48.0 Å². The fourth-order valence-corrected chi connectivity index (χ4v) is 3.41. The molecule has 26 heavy (non-hydrogen) atoms. The second kappa shape index (κ2) is 6.82. The standard InChI is InChI=1S/C19H23N3O4/c1-11-17(12(2)21(3)20-11)18(23)19(24)22-7-6-13-8-15(25-4)16(26-5)9-14(13)10-22/h8-9H,6-7,10H2,1-5H3. The molecule has 1 amide bonds. The number of aromatic nitrogens is 2. The zero-order chi connectivity index (χ0) is 19.0. The predicted molar refractivity (Wildman–Crippen MR) is 95.7 cm³/mol. The van der Waals surface area contributed by atoms with Crippen LogP contribution in [-0.4, -0.2) is 47.1 Å². The smallest absolute Gasteiger partial charge is 0.295 e. The molecule has 2 heterocycles. The molecule has 1 aliphatic heterocycles. The highest BCUT2D eigenvalue weighted by molar-refractivity contribution is 6.43. The van der Waals surface area contributed by atoms with Crippen LogP contribution in [0.25, 0.3) is 0 Å². The molecule has 0 radical (unpaired) electrons. The first-order valence-corrected chi connectivity index (χ1v) is 8.45. The Balaban J connectivity index is 1.86. The summed E-state index contributed by atoms with van der Waals surface area (Å²) in [5, 5.41) is 4.23. The van der Waals surface area contributed by atoms with Gasteiger partial charge in [0.25, 0.3) is 11.7 Å². The summed E-state index contributed by atoms with van der Waals surface area (Å²) in [5.74, 6) is 0.288. The van der Waals surface area contributed by atoms with Crippen LogP contribution in [0.4, 0.5) is 0 Å². The average Bonchev–Trinajstić information content (AvgIpc) is 2.90. The van der Waals surface area contributed by atoms with Crippen LogP contribution in [0, 0.1) is 13.8 Å². The number of ketones is 1. The summed E-state index contributed by atoms with van der Waals surface area (Å²) in [7, 11) is 4.94. The number of carbonyl (C=O) groups excluding carboxylic acids is 2. The lowest BCUT2D eigenvalue weighted by Gasteiger charge is -2.29. The Morgan fingerprint density at radius 2 is 1.69 bits per heavy atom. The molecule has 1 aromatic heterocycles. The van der Waals surface area contributed by atoms with E-state index in [-0.39, 0.29) is 0 Å². The molecule has 7 heteroatoms. The summed E-state index contributed by atoms with van der Waals surface area (Å²) in [5.41, 5.74) is 3.75. The third-order valence-corrected chi connectivity index (χ3v) is 4.94. The molecule has 7 nitrogen and oxygen atoms in total. The summed E-state index contributed by atoms with van der Waals surface area (Å²) in [6, 6.07) is 3.81. The Hall–Kier alpha value is -2.83. The van der Waals surface area contributed by atoms with Crippen LogP contribution in [0.3, 0.4) is 0 Å². The van der Waals surface area contributed by atoms with Crippen LogP contribution < -0.4 is 9.47 Å². The number of nitrogens with zero attached hydrogens (tertiary/aromatic N) is 3. The van der Waals surface area contributed by atoms with Gasteiger partial charge in [-0.2, -0.15) is 5.10 Å². The molecule has 0 unspecified atom stereocenters. The second-order valence-corrected chi connectivity index (χ2v) is 6.45. The number of hydrogen-bond donors (Lipinski definition) is 0. The van der Waals surface area contributed by atoms with Gasteiger partial charge in [-0.05, 0) is 43.5 Å². The van der Waals surface area contributed by atoms with Crippen molar-refractivity contribution >= 4 is 11.7 Å². The van der Waals surface area contributed by atoms with Crippen molar-refractivity contribution in [3.05, 3.63) is 40.2 Å². The van der Waals surface area contributed by atoms with E-state index in [1.807, 2.05) is 12.1 Å². The molecule has 1 aliphatic rings. The minimum Gasteiger partial charge on any atom is -0.493 e. The first-order chi connectivity index (χ1) is 12.4. The molecule has 0 atom stereocenters. The molecular weight excluding hydrogens is 334 g/mol. The molecule has 0 saturated heterocycles. The van der Waals surface area contributed by atoms with Gasteiger partial charge in [0.15, 0.2) is 11.5 Å². The van der Waals surface area contributed by atoms with Crippen LogP contribution in [0.15, 0.2) is 12.1 Å². The van der Waals surface area contributed by atoms with Crippen molar-refractivity contribution in [1.29, 1.82) is 0 Å². The largest absolute Gasteiger partial charge is 0.493 e. The molecule has 0 aliphatic carbocycles. The first kappa shape index (κ1) is 18.0. The first-order valence-electron chi connectivity index (χ1n) is 8.45.